The Kier molecular flexibility index (Phi) is 4.53. The van der Waals surface area contributed by atoms with Crippen LogP contribution in [0, 0.1) is 19.7 Å². The molecule has 0 aliphatic carbocycles. The molecule has 20 heavy (non-hydrogen) atoms. The van der Waals surface area contributed by atoms with Gasteiger partial charge in [0.2, 0.25) is 0 Å². The molecule has 0 aromatic heterocycles. The lowest BCUT2D eigenvalue weighted by Gasteiger charge is -2.23. The molecule has 0 spiro atoms. The normalized spacial score (nSPS) is 14.1. The standard InChI is InChI=1S/C17H20FNO/c1-11-3-5-13(6-4-11)16(10-19)17(20)14-7-12(2)8-15(18)9-14/h3-9,16-17,20H,10,19H2,1-2H3. The molecule has 0 fully saturated rings. The Morgan fingerprint density at radius 2 is 1.65 bits per heavy atom. The summed E-state index contributed by atoms with van der Waals surface area (Å²) in [4.78, 5) is 0. The fraction of sp³-hybridized carbons (Fsp3) is 0.294. The van der Waals surface area contributed by atoms with Gasteiger partial charge in [-0.25, -0.2) is 4.39 Å². The first-order valence-corrected chi connectivity index (χ1v) is 6.73. The molecule has 2 nitrogen and oxygen atoms in total. The molecule has 0 aliphatic heterocycles. The van der Waals surface area contributed by atoms with Gasteiger partial charge in [0.25, 0.3) is 0 Å². The molecular weight excluding hydrogens is 253 g/mol. The SMILES string of the molecule is Cc1ccc(C(CN)C(O)c2cc(C)cc(F)c2)cc1. The Hall–Kier alpha value is -1.71. The summed E-state index contributed by atoms with van der Waals surface area (Å²) in [5.74, 6) is -0.574. The zero-order chi connectivity index (χ0) is 14.7. The van der Waals surface area contributed by atoms with Crippen LogP contribution < -0.4 is 5.73 Å². The average molecular weight is 273 g/mol. The number of halogens is 1. The van der Waals surface area contributed by atoms with Crippen molar-refractivity contribution < 1.29 is 9.50 Å². The van der Waals surface area contributed by atoms with Crippen LogP contribution in [0.3, 0.4) is 0 Å². The number of aliphatic hydroxyl groups is 1. The number of nitrogens with two attached hydrogens (primary N) is 1. The molecule has 0 heterocycles. The molecule has 0 amide bonds. The number of aryl methyl sites for hydroxylation is 2. The predicted octanol–water partition coefficient (Wildman–Crippen LogP) is 3.22. The van der Waals surface area contributed by atoms with Gasteiger partial charge in [-0.05, 0) is 42.7 Å². The van der Waals surface area contributed by atoms with Gasteiger partial charge in [0.15, 0.2) is 0 Å². The first-order valence-electron chi connectivity index (χ1n) is 6.73. The Labute approximate surface area is 119 Å². The van der Waals surface area contributed by atoms with E-state index in [1.807, 2.05) is 38.1 Å². The number of rotatable bonds is 4. The summed E-state index contributed by atoms with van der Waals surface area (Å²) in [6.07, 6.45) is -0.808. The highest BCUT2D eigenvalue weighted by Gasteiger charge is 2.22. The first-order chi connectivity index (χ1) is 9.51. The van der Waals surface area contributed by atoms with Crippen molar-refractivity contribution in [2.75, 3.05) is 6.54 Å². The Balaban J connectivity index is 2.33. The van der Waals surface area contributed by atoms with E-state index in [4.69, 9.17) is 5.73 Å². The van der Waals surface area contributed by atoms with Gasteiger partial charge in [0, 0.05) is 12.5 Å². The van der Waals surface area contributed by atoms with E-state index >= 15 is 0 Å². The van der Waals surface area contributed by atoms with Crippen LogP contribution in [0.1, 0.15) is 34.3 Å². The second-order valence-electron chi connectivity index (χ2n) is 5.26. The Bertz CT molecular complexity index is 560. The fourth-order valence-electron chi connectivity index (χ4n) is 2.43. The lowest BCUT2D eigenvalue weighted by molar-refractivity contribution is 0.147. The van der Waals surface area contributed by atoms with Crippen LogP contribution in [0.15, 0.2) is 42.5 Å². The summed E-state index contributed by atoms with van der Waals surface area (Å²) >= 11 is 0. The topological polar surface area (TPSA) is 46.2 Å². The third kappa shape index (κ3) is 3.24. The van der Waals surface area contributed by atoms with E-state index in [9.17, 15) is 9.50 Å². The molecule has 2 unspecified atom stereocenters. The lowest BCUT2D eigenvalue weighted by Crippen LogP contribution is -2.20. The zero-order valence-corrected chi connectivity index (χ0v) is 11.8. The third-order valence-electron chi connectivity index (χ3n) is 3.55. The van der Waals surface area contributed by atoms with Crippen LogP contribution in [-0.4, -0.2) is 11.7 Å². The summed E-state index contributed by atoms with van der Waals surface area (Å²) in [5.41, 5.74) is 9.28. The van der Waals surface area contributed by atoms with Crippen molar-refractivity contribution in [3.8, 4) is 0 Å². The maximum Gasteiger partial charge on any atom is 0.123 e. The Morgan fingerprint density at radius 1 is 1.00 bits per heavy atom. The maximum atomic E-state index is 13.5. The van der Waals surface area contributed by atoms with E-state index in [2.05, 4.69) is 0 Å². The summed E-state index contributed by atoms with van der Waals surface area (Å²) in [6.45, 7) is 4.12. The molecule has 0 bridgehead atoms. The third-order valence-corrected chi connectivity index (χ3v) is 3.55. The largest absolute Gasteiger partial charge is 0.388 e. The van der Waals surface area contributed by atoms with Gasteiger partial charge in [-0.15, -0.1) is 0 Å². The molecule has 2 aromatic rings. The monoisotopic (exact) mass is 273 g/mol. The molecule has 106 valence electrons. The van der Waals surface area contributed by atoms with Crippen molar-refractivity contribution in [3.05, 3.63) is 70.5 Å². The van der Waals surface area contributed by atoms with Crippen molar-refractivity contribution in [2.45, 2.75) is 25.9 Å². The van der Waals surface area contributed by atoms with Crippen LogP contribution in [0.5, 0.6) is 0 Å². The molecule has 0 saturated heterocycles. The first kappa shape index (κ1) is 14.7. The second kappa shape index (κ2) is 6.16. The van der Waals surface area contributed by atoms with Gasteiger partial charge in [0.1, 0.15) is 5.82 Å². The van der Waals surface area contributed by atoms with Crippen LogP contribution in [0.2, 0.25) is 0 Å². The molecule has 2 aromatic carbocycles. The van der Waals surface area contributed by atoms with Gasteiger partial charge in [0.05, 0.1) is 6.10 Å². The molecule has 2 atom stereocenters. The molecule has 3 heteroatoms. The van der Waals surface area contributed by atoms with Crippen LogP contribution in [-0.2, 0) is 0 Å². The van der Waals surface area contributed by atoms with Gasteiger partial charge in [-0.3, -0.25) is 0 Å². The molecule has 0 aliphatic rings. The molecule has 2 rings (SSSR count). The van der Waals surface area contributed by atoms with E-state index in [0.29, 0.717) is 12.1 Å². The van der Waals surface area contributed by atoms with E-state index in [-0.39, 0.29) is 11.7 Å². The van der Waals surface area contributed by atoms with Gasteiger partial charge < -0.3 is 10.8 Å². The minimum atomic E-state index is -0.808. The van der Waals surface area contributed by atoms with Crippen LogP contribution in [0.25, 0.3) is 0 Å². The summed E-state index contributed by atoms with van der Waals surface area (Å²) in [6, 6.07) is 12.5. The maximum absolute atomic E-state index is 13.5. The zero-order valence-electron chi connectivity index (χ0n) is 11.8. The van der Waals surface area contributed by atoms with Crippen molar-refractivity contribution in [1.82, 2.24) is 0 Å². The van der Waals surface area contributed by atoms with E-state index < -0.39 is 6.10 Å². The molecule has 0 radical (unpaired) electrons. The van der Waals surface area contributed by atoms with Crippen LogP contribution >= 0.6 is 0 Å². The Morgan fingerprint density at radius 3 is 2.20 bits per heavy atom. The average Bonchev–Trinajstić information content (AvgIpc) is 2.40. The smallest absolute Gasteiger partial charge is 0.123 e. The van der Waals surface area contributed by atoms with Crippen molar-refractivity contribution in [3.63, 3.8) is 0 Å². The lowest BCUT2D eigenvalue weighted by atomic mass is 9.88. The predicted molar refractivity (Wildman–Crippen MR) is 79.1 cm³/mol. The quantitative estimate of drug-likeness (QED) is 0.898. The van der Waals surface area contributed by atoms with Gasteiger partial charge in [-0.2, -0.15) is 0 Å². The number of aliphatic hydroxyl groups excluding tert-OH is 1. The molecular formula is C17H20FNO. The highest BCUT2D eigenvalue weighted by molar-refractivity contribution is 5.31. The van der Waals surface area contributed by atoms with E-state index in [1.54, 1.807) is 6.07 Å². The molecule has 3 N–H and O–H groups in total. The summed E-state index contributed by atoms with van der Waals surface area (Å²) in [5, 5.41) is 10.5. The van der Waals surface area contributed by atoms with Gasteiger partial charge >= 0.3 is 0 Å². The number of hydrogen-bond donors (Lipinski definition) is 2. The number of benzene rings is 2. The highest BCUT2D eigenvalue weighted by Crippen LogP contribution is 2.31. The van der Waals surface area contributed by atoms with Gasteiger partial charge in [-0.1, -0.05) is 35.9 Å². The second-order valence-corrected chi connectivity index (χ2v) is 5.26. The minimum absolute atomic E-state index is 0.239. The summed E-state index contributed by atoms with van der Waals surface area (Å²) < 4.78 is 13.5. The molecule has 0 saturated carbocycles. The minimum Gasteiger partial charge on any atom is -0.388 e. The van der Waals surface area contributed by atoms with Crippen molar-refractivity contribution in [1.29, 1.82) is 0 Å². The van der Waals surface area contributed by atoms with Crippen molar-refractivity contribution in [2.24, 2.45) is 5.73 Å². The highest BCUT2D eigenvalue weighted by atomic mass is 19.1. The summed E-state index contributed by atoms with van der Waals surface area (Å²) in [7, 11) is 0. The number of hydrogen-bond acceptors (Lipinski definition) is 2. The van der Waals surface area contributed by atoms with E-state index in [0.717, 1.165) is 16.7 Å². The van der Waals surface area contributed by atoms with Crippen LogP contribution in [0.4, 0.5) is 4.39 Å². The van der Waals surface area contributed by atoms with Crippen molar-refractivity contribution >= 4 is 0 Å². The van der Waals surface area contributed by atoms with E-state index in [1.165, 1.54) is 12.1 Å². The fourth-order valence-corrected chi connectivity index (χ4v) is 2.43.